The minimum atomic E-state index is 0.867. The number of nitrogens with one attached hydrogen (secondary N) is 1. The van der Waals surface area contributed by atoms with Crippen molar-refractivity contribution in [2.45, 2.75) is 25.7 Å². The molecule has 0 heterocycles. The van der Waals surface area contributed by atoms with Crippen LogP contribution < -0.4 is 5.32 Å². The highest BCUT2D eigenvalue weighted by Gasteiger charge is 2.14. The van der Waals surface area contributed by atoms with Crippen LogP contribution in [0.15, 0.2) is 0 Å². The molecule has 0 aliphatic heterocycles. The number of likely N-dealkylation sites (N-methyl/N-ethyl adjacent to an activating group) is 1. The Morgan fingerprint density at radius 1 is 1.36 bits per heavy atom. The van der Waals surface area contributed by atoms with Crippen LogP contribution in [0.1, 0.15) is 25.7 Å². The van der Waals surface area contributed by atoms with Crippen LogP contribution >= 0.6 is 0 Å². The molecule has 1 saturated carbocycles. The van der Waals surface area contributed by atoms with Gasteiger partial charge in [0, 0.05) is 13.2 Å². The Kier molecular flexibility index (Phi) is 4.55. The zero-order valence-corrected chi connectivity index (χ0v) is 7.44. The van der Waals surface area contributed by atoms with Crippen molar-refractivity contribution < 1.29 is 4.74 Å². The first-order valence-electron chi connectivity index (χ1n) is 4.66. The van der Waals surface area contributed by atoms with Gasteiger partial charge in [-0.1, -0.05) is 12.8 Å². The number of hydrogen-bond acceptors (Lipinski definition) is 2. The molecule has 0 unspecified atom stereocenters. The minimum absolute atomic E-state index is 0.867. The standard InChI is InChI=1S/C9H19NO/c1-10-6-7-11-8-9-4-2-3-5-9/h9-10H,2-8H2,1H3. The molecule has 0 aromatic carbocycles. The maximum atomic E-state index is 5.50. The molecule has 0 spiro atoms. The van der Waals surface area contributed by atoms with Gasteiger partial charge in [0.25, 0.3) is 0 Å². The van der Waals surface area contributed by atoms with E-state index in [9.17, 15) is 0 Å². The van der Waals surface area contributed by atoms with E-state index in [4.69, 9.17) is 4.74 Å². The SMILES string of the molecule is CNCCOCC1CCCC1. The van der Waals surface area contributed by atoms with Crippen LogP contribution in [0.2, 0.25) is 0 Å². The summed E-state index contributed by atoms with van der Waals surface area (Å²) in [5, 5.41) is 3.07. The van der Waals surface area contributed by atoms with Gasteiger partial charge in [-0.3, -0.25) is 0 Å². The largest absolute Gasteiger partial charge is 0.380 e. The van der Waals surface area contributed by atoms with E-state index in [2.05, 4.69) is 5.32 Å². The summed E-state index contributed by atoms with van der Waals surface area (Å²) < 4.78 is 5.50. The maximum absolute atomic E-state index is 5.50. The first kappa shape index (κ1) is 9.01. The first-order chi connectivity index (χ1) is 5.43. The third-order valence-corrected chi connectivity index (χ3v) is 2.32. The van der Waals surface area contributed by atoms with Crippen LogP contribution in [0.25, 0.3) is 0 Å². The van der Waals surface area contributed by atoms with Crippen LogP contribution in [0.4, 0.5) is 0 Å². The first-order valence-corrected chi connectivity index (χ1v) is 4.66. The zero-order valence-electron chi connectivity index (χ0n) is 7.44. The van der Waals surface area contributed by atoms with Crippen molar-refractivity contribution >= 4 is 0 Å². The van der Waals surface area contributed by atoms with E-state index >= 15 is 0 Å². The molecule has 0 radical (unpaired) electrons. The molecule has 2 heteroatoms. The molecular formula is C9H19NO. The molecule has 0 saturated heterocycles. The van der Waals surface area contributed by atoms with Crippen molar-refractivity contribution in [2.75, 3.05) is 26.8 Å². The molecule has 1 aliphatic carbocycles. The molecular weight excluding hydrogens is 138 g/mol. The van der Waals surface area contributed by atoms with Crippen LogP contribution in [0, 0.1) is 5.92 Å². The quantitative estimate of drug-likeness (QED) is 0.609. The fourth-order valence-electron chi connectivity index (χ4n) is 1.60. The molecule has 1 aliphatic rings. The molecule has 1 fully saturated rings. The zero-order chi connectivity index (χ0) is 7.94. The highest BCUT2D eigenvalue weighted by Crippen LogP contribution is 2.24. The fourth-order valence-corrected chi connectivity index (χ4v) is 1.60. The third-order valence-electron chi connectivity index (χ3n) is 2.32. The molecule has 66 valence electrons. The molecule has 1 rings (SSSR count). The summed E-state index contributed by atoms with van der Waals surface area (Å²) in [4.78, 5) is 0. The molecule has 2 nitrogen and oxygen atoms in total. The molecule has 0 aromatic rings. The van der Waals surface area contributed by atoms with Gasteiger partial charge in [0.05, 0.1) is 6.61 Å². The molecule has 0 aromatic heterocycles. The Morgan fingerprint density at radius 3 is 2.73 bits per heavy atom. The van der Waals surface area contributed by atoms with Gasteiger partial charge < -0.3 is 10.1 Å². The average molecular weight is 157 g/mol. The van der Waals surface area contributed by atoms with E-state index in [1.165, 1.54) is 25.7 Å². The van der Waals surface area contributed by atoms with Crippen molar-refractivity contribution in [3.05, 3.63) is 0 Å². The fraction of sp³-hybridized carbons (Fsp3) is 1.00. The summed E-state index contributed by atoms with van der Waals surface area (Å²) >= 11 is 0. The summed E-state index contributed by atoms with van der Waals surface area (Å²) in [6.45, 7) is 2.83. The predicted octanol–water partition coefficient (Wildman–Crippen LogP) is 1.41. The lowest BCUT2D eigenvalue weighted by Crippen LogP contribution is -2.16. The van der Waals surface area contributed by atoms with Crippen molar-refractivity contribution in [1.29, 1.82) is 0 Å². The van der Waals surface area contributed by atoms with Gasteiger partial charge in [-0.15, -0.1) is 0 Å². The van der Waals surface area contributed by atoms with E-state index in [1.807, 2.05) is 7.05 Å². The van der Waals surface area contributed by atoms with E-state index in [-0.39, 0.29) is 0 Å². The van der Waals surface area contributed by atoms with Gasteiger partial charge >= 0.3 is 0 Å². The predicted molar refractivity (Wildman–Crippen MR) is 46.7 cm³/mol. The van der Waals surface area contributed by atoms with E-state index in [1.54, 1.807) is 0 Å². The topological polar surface area (TPSA) is 21.3 Å². The average Bonchev–Trinajstić information content (AvgIpc) is 2.50. The summed E-state index contributed by atoms with van der Waals surface area (Å²) in [6.07, 6.45) is 5.61. The second-order valence-corrected chi connectivity index (χ2v) is 3.33. The highest BCUT2D eigenvalue weighted by atomic mass is 16.5. The van der Waals surface area contributed by atoms with Crippen molar-refractivity contribution in [3.8, 4) is 0 Å². The molecule has 0 bridgehead atoms. The Hall–Kier alpha value is -0.0800. The number of rotatable bonds is 5. The van der Waals surface area contributed by atoms with E-state index in [0.29, 0.717) is 0 Å². The van der Waals surface area contributed by atoms with Gasteiger partial charge in [0.15, 0.2) is 0 Å². The second kappa shape index (κ2) is 5.56. The summed E-state index contributed by atoms with van der Waals surface area (Å²) in [5.41, 5.74) is 0. The van der Waals surface area contributed by atoms with Gasteiger partial charge in [-0.25, -0.2) is 0 Å². The summed E-state index contributed by atoms with van der Waals surface area (Å²) in [7, 11) is 1.96. The van der Waals surface area contributed by atoms with Gasteiger partial charge in [0.1, 0.15) is 0 Å². The maximum Gasteiger partial charge on any atom is 0.0590 e. The van der Waals surface area contributed by atoms with Gasteiger partial charge in [-0.2, -0.15) is 0 Å². The molecule has 11 heavy (non-hydrogen) atoms. The van der Waals surface area contributed by atoms with E-state index < -0.39 is 0 Å². The molecule has 0 atom stereocenters. The Bertz CT molecular complexity index is 89.6. The van der Waals surface area contributed by atoms with Crippen LogP contribution in [0.5, 0.6) is 0 Å². The molecule has 0 amide bonds. The Balaban J connectivity index is 1.86. The summed E-state index contributed by atoms with van der Waals surface area (Å²) in [6, 6.07) is 0. The van der Waals surface area contributed by atoms with Crippen LogP contribution in [-0.2, 0) is 4.74 Å². The lowest BCUT2D eigenvalue weighted by molar-refractivity contribution is 0.104. The van der Waals surface area contributed by atoms with E-state index in [0.717, 1.165) is 25.7 Å². The Labute approximate surface area is 69.3 Å². The van der Waals surface area contributed by atoms with Crippen molar-refractivity contribution in [3.63, 3.8) is 0 Å². The third kappa shape index (κ3) is 3.73. The molecule has 1 N–H and O–H groups in total. The monoisotopic (exact) mass is 157 g/mol. The van der Waals surface area contributed by atoms with Gasteiger partial charge in [-0.05, 0) is 25.8 Å². The van der Waals surface area contributed by atoms with Crippen molar-refractivity contribution in [1.82, 2.24) is 5.32 Å². The number of ether oxygens (including phenoxy) is 1. The smallest absolute Gasteiger partial charge is 0.0590 e. The van der Waals surface area contributed by atoms with Gasteiger partial charge in [0.2, 0.25) is 0 Å². The number of hydrogen-bond donors (Lipinski definition) is 1. The lowest BCUT2D eigenvalue weighted by atomic mass is 10.1. The highest BCUT2D eigenvalue weighted by molar-refractivity contribution is 4.66. The summed E-state index contributed by atoms with van der Waals surface area (Å²) in [5.74, 6) is 0.867. The van der Waals surface area contributed by atoms with Crippen LogP contribution in [0.3, 0.4) is 0 Å². The second-order valence-electron chi connectivity index (χ2n) is 3.33. The normalized spacial score (nSPS) is 19.4. The lowest BCUT2D eigenvalue weighted by Gasteiger charge is -2.08. The van der Waals surface area contributed by atoms with Crippen LogP contribution in [-0.4, -0.2) is 26.8 Å². The Morgan fingerprint density at radius 2 is 2.09 bits per heavy atom. The van der Waals surface area contributed by atoms with Crippen molar-refractivity contribution in [2.24, 2.45) is 5.92 Å². The minimum Gasteiger partial charge on any atom is -0.380 e.